The van der Waals surface area contributed by atoms with Crippen molar-refractivity contribution in [1.82, 2.24) is 10.2 Å². The average Bonchev–Trinajstić information content (AvgIpc) is 2.70. The maximum absolute atomic E-state index is 12.2. The van der Waals surface area contributed by atoms with Crippen molar-refractivity contribution < 1.29 is 23.8 Å². The Morgan fingerprint density at radius 3 is 2.43 bits per heavy atom. The van der Waals surface area contributed by atoms with Crippen LogP contribution in [0.1, 0.15) is 11.1 Å². The van der Waals surface area contributed by atoms with E-state index < -0.39 is 0 Å². The Kier molecular flexibility index (Phi) is 7.68. The van der Waals surface area contributed by atoms with E-state index in [4.69, 9.17) is 14.2 Å². The lowest BCUT2D eigenvalue weighted by atomic mass is 10.1. The van der Waals surface area contributed by atoms with Crippen molar-refractivity contribution in [2.45, 2.75) is 13.0 Å². The smallest absolute Gasteiger partial charge is 0.259 e. The summed E-state index contributed by atoms with van der Waals surface area (Å²) in [5.41, 5.74) is 1.74. The summed E-state index contributed by atoms with van der Waals surface area (Å²) in [6, 6.07) is 12.7. The maximum atomic E-state index is 12.2. The number of carbonyl (C=O) groups excluding carboxylic acids is 2. The summed E-state index contributed by atoms with van der Waals surface area (Å²) >= 11 is 0. The summed E-state index contributed by atoms with van der Waals surface area (Å²) in [6.07, 6.45) is 0.266. The Labute approximate surface area is 165 Å². The number of nitrogens with one attached hydrogen (secondary N) is 1. The van der Waals surface area contributed by atoms with Gasteiger partial charge in [-0.1, -0.05) is 18.2 Å². The molecule has 0 heterocycles. The molecule has 0 fully saturated rings. The fraction of sp³-hybridized carbons (Fsp3) is 0.333. The van der Waals surface area contributed by atoms with Crippen LogP contribution in [-0.2, 0) is 22.6 Å². The number of likely N-dealkylation sites (N-methyl/N-ethyl adjacent to an activating group) is 1. The topological polar surface area (TPSA) is 77.1 Å². The summed E-state index contributed by atoms with van der Waals surface area (Å²) in [6.45, 7) is 0.288. The number of rotatable bonds is 9. The SMILES string of the molecule is COc1cccc(CC(=O)NCc2ccc(OCC(=O)N(C)C)c(OC)c2)c1. The van der Waals surface area contributed by atoms with Gasteiger partial charge >= 0.3 is 0 Å². The molecule has 0 radical (unpaired) electrons. The summed E-state index contributed by atoms with van der Waals surface area (Å²) in [5, 5.41) is 2.88. The van der Waals surface area contributed by atoms with Crippen molar-refractivity contribution in [1.29, 1.82) is 0 Å². The van der Waals surface area contributed by atoms with Crippen LogP contribution in [-0.4, -0.2) is 51.6 Å². The van der Waals surface area contributed by atoms with Crippen LogP contribution in [0.3, 0.4) is 0 Å². The molecule has 0 atom stereocenters. The number of hydrogen-bond acceptors (Lipinski definition) is 5. The number of hydrogen-bond donors (Lipinski definition) is 1. The van der Waals surface area contributed by atoms with E-state index in [0.717, 1.165) is 16.9 Å². The fourth-order valence-electron chi connectivity index (χ4n) is 2.44. The first kappa shape index (κ1) is 21.1. The Balaban J connectivity index is 1.92. The molecule has 0 aliphatic rings. The van der Waals surface area contributed by atoms with Gasteiger partial charge in [0, 0.05) is 20.6 Å². The van der Waals surface area contributed by atoms with Crippen molar-refractivity contribution >= 4 is 11.8 Å². The van der Waals surface area contributed by atoms with Gasteiger partial charge in [-0.3, -0.25) is 9.59 Å². The Hall–Kier alpha value is -3.22. The molecule has 0 saturated heterocycles. The molecule has 0 aliphatic carbocycles. The Morgan fingerprint density at radius 2 is 1.75 bits per heavy atom. The quantitative estimate of drug-likeness (QED) is 0.714. The van der Waals surface area contributed by atoms with E-state index >= 15 is 0 Å². The first-order valence-corrected chi connectivity index (χ1v) is 8.82. The lowest BCUT2D eigenvalue weighted by Crippen LogP contribution is -2.27. The first-order valence-electron chi connectivity index (χ1n) is 8.82. The zero-order valence-corrected chi connectivity index (χ0v) is 16.7. The van der Waals surface area contributed by atoms with Crippen LogP contribution in [0.25, 0.3) is 0 Å². The highest BCUT2D eigenvalue weighted by atomic mass is 16.5. The van der Waals surface area contributed by atoms with Gasteiger partial charge in [-0.25, -0.2) is 0 Å². The fourth-order valence-corrected chi connectivity index (χ4v) is 2.44. The largest absolute Gasteiger partial charge is 0.497 e. The van der Waals surface area contributed by atoms with Gasteiger partial charge in [-0.2, -0.15) is 0 Å². The van der Waals surface area contributed by atoms with Crippen LogP contribution in [0.15, 0.2) is 42.5 Å². The molecule has 0 bridgehead atoms. The van der Waals surface area contributed by atoms with Gasteiger partial charge in [0.2, 0.25) is 5.91 Å². The number of amides is 2. The molecule has 0 aliphatic heterocycles. The normalized spacial score (nSPS) is 10.1. The third-order valence-electron chi connectivity index (χ3n) is 4.07. The van der Waals surface area contributed by atoms with Crippen molar-refractivity contribution in [3.8, 4) is 17.2 Å². The summed E-state index contributed by atoms with van der Waals surface area (Å²) in [5.74, 6) is 1.47. The predicted molar refractivity (Wildman–Crippen MR) is 106 cm³/mol. The minimum Gasteiger partial charge on any atom is -0.497 e. The second-order valence-electron chi connectivity index (χ2n) is 6.37. The Bertz CT molecular complexity index is 820. The molecule has 2 aromatic rings. The molecule has 0 spiro atoms. The van der Waals surface area contributed by atoms with Gasteiger partial charge in [0.1, 0.15) is 5.75 Å². The van der Waals surface area contributed by atoms with Gasteiger partial charge in [-0.15, -0.1) is 0 Å². The van der Waals surface area contributed by atoms with E-state index in [-0.39, 0.29) is 24.8 Å². The zero-order chi connectivity index (χ0) is 20.5. The van der Waals surface area contributed by atoms with Crippen molar-refractivity contribution in [2.24, 2.45) is 0 Å². The van der Waals surface area contributed by atoms with Crippen LogP contribution >= 0.6 is 0 Å². The number of methoxy groups -OCH3 is 2. The minimum atomic E-state index is -0.143. The van der Waals surface area contributed by atoms with Crippen molar-refractivity contribution in [3.63, 3.8) is 0 Å². The van der Waals surface area contributed by atoms with Gasteiger partial charge < -0.3 is 24.4 Å². The monoisotopic (exact) mass is 386 g/mol. The molecular formula is C21H26N2O5. The maximum Gasteiger partial charge on any atom is 0.259 e. The molecule has 1 N–H and O–H groups in total. The summed E-state index contributed by atoms with van der Waals surface area (Å²) < 4.78 is 16.0. The highest BCUT2D eigenvalue weighted by Crippen LogP contribution is 2.28. The third-order valence-corrected chi connectivity index (χ3v) is 4.07. The van der Waals surface area contributed by atoms with Crippen LogP contribution in [0.4, 0.5) is 0 Å². The van der Waals surface area contributed by atoms with E-state index in [1.807, 2.05) is 30.3 Å². The molecule has 0 unspecified atom stereocenters. The molecular weight excluding hydrogens is 360 g/mol. The molecule has 150 valence electrons. The average molecular weight is 386 g/mol. The van der Waals surface area contributed by atoms with Gasteiger partial charge in [0.25, 0.3) is 5.91 Å². The van der Waals surface area contributed by atoms with Crippen LogP contribution < -0.4 is 19.5 Å². The van der Waals surface area contributed by atoms with Crippen molar-refractivity contribution in [3.05, 3.63) is 53.6 Å². The second-order valence-corrected chi connectivity index (χ2v) is 6.37. The van der Waals surface area contributed by atoms with Crippen LogP contribution in [0, 0.1) is 0 Å². The van der Waals surface area contributed by atoms with Crippen LogP contribution in [0.2, 0.25) is 0 Å². The number of ether oxygens (including phenoxy) is 3. The zero-order valence-electron chi connectivity index (χ0n) is 16.7. The first-order chi connectivity index (χ1) is 13.4. The molecule has 28 heavy (non-hydrogen) atoms. The van der Waals surface area contributed by atoms with Gasteiger partial charge in [-0.05, 0) is 35.4 Å². The molecule has 0 saturated carbocycles. The Morgan fingerprint density at radius 1 is 0.964 bits per heavy atom. The summed E-state index contributed by atoms with van der Waals surface area (Å²) in [7, 11) is 6.46. The lowest BCUT2D eigenvalue weighted by molar-refractivity contribution is -0.130. The molecule has 0 aromatic heterocycles. The molecule has 2 rings (SSSR count). The molecule has 2 amide bonds. The third kappa shape index (κ3) is 6.19. The minimum absolute atomic E-state index is 0.0695. The molecule has 2 aromatic carbocycles. The van der Waals surface area contributed by atoms with E-state index in [9.17, 15) is 9.59 Å². The standard InChI is InChI=1S/C21H26N2O5/c1-23(2)21(25)14-28-18-9-8-16(11-19(18)27-4)13-22-20(24)12-15-6-5-7-17(10-15)26-3/h5-11H,12-14H2,1-4H3,(H,22,24). The van der Waals surface area contributed by atoms with Gasteiger partial charge in [0.05, 0.1) is 20.6 Å². The van der Waals surface area contributed by atoms with E-state index in [2.05, 4.69) is 5.32 Å². The predicted octanol–water partition coefficient (Wildman–Crippen LogP) is 2.03. The van der Waals surface area contributed by atoms with E-state index in [0.29, 0.717) is 18.0 Å². The van der Waals surface area contributed by atoms with Gasteiger partial charge in [0.15, 0.2) is 18.1 Å². The number of benzene rings is 2. The summed E-state index contributed by atoms with van der Waals surface area (Å²) in [4.78, 5) is 25.3. The van der Waals surface area contributed by atoms with Crippen LogP contribution in [0.5, 0.6) is 17.2 Å². The number of carbonyl (C=O) groups is 2. The highest BCUT2D eigenvalue weighted by Gasteiger charge is 2.11. The molecule has 7 nitrogen and oxygen atoms in total. The lowest BCUT2D eigenvalue weighted by Gasteiger charge is -2.14. The highest BCUT2D eigenvalue weighted by molar-refractivity contribution is 5.78. The van der Waals surface area contributed by atoms with E-state index in [1.165, 1.54) is 12.0 Å². The second kappa shape index (κ2) is 10.2. The van der Waals surface area contributed by atoms with Crippen molar-refractivity contribution in [2.75, 3.05) is 34.9 Å². The number of nitrogens with zero attached hydrogens (tertiary/aromatic N) is 1. The van der Waals surface area contributed by atoms with E-state index in [1.54, 1.807) is 33.3 Å². The molecule has 7 heteroatoms.